The highest BCUT2D eigenvalue weighted by Gasteiger charge is 2.26. The van der Waals surface area contributed by atoms with Crippen molar-refractivity contribution in [1.29, 1.82) is 0 Å². The second-order valence-corrected chi connectivity index (χ2v) is 8.73. The van der Waals surface area contributed by atoms with Crippen molar-refractivity contribution in [3.05, 3.63) is 24.1 Å². The molecule has 1 aromatic carbocycles. The van der Waals surface area contributed by atoms with Crippen LogP contribution < -0.4 is 10.6 Å². The van der Waals surface area contributed by atoms with E-state index in [9.17, 15) is 0 Å². The number of nitrogens with two attached hydrogens (primary N) is 1. The lowest BCUT2D eigenvalue weighted by Gasteiger charge is -2.43. The van der Waals surface area contributed by atoms with Crippen LogP contribution in [0.25, 0.3) is 22.0 Å². The van der Waals surface area contributed by atoms with Crippen LogP contribution in [-0.4, -0.2) is 46.6 Å². The van der Waals surface area contributed by atoms with Gasteiger partial charge in [0.15, 0.2) is 22.8 Å². The molecule has 0 aliphatic carbocycles. The lowest BCUT2D eigenvalue weighted by Crippen LogP contribution is -2.53. The van der Waals surface area contributed by atoms with Crippen LogP contribution >= 0.6 is 0 Å². The van der Waals surface area contributed by atoms with E-state index in [-0.39, 0.29) is 5.54 Å². The van der Waals surface area contributed by atoms with Crippen LogP contribution in [0.5, 0.6) is 0 Å². The number of aromatic nitrogens is 2. The van der Waals surface area contributed by atoms with Crippen molar-refractivity contribution in [2.75, 3.05) is 36.8 Å². The van der Waals surface area contributed by atoms with E-state index in [2.05, 4.69) is 59.6 Å². The zero-order valence-corrected chi connectivity index (χ0v) is 17.5. The number of benzene rings is 1. The summed E-state index contributed by atoms with van der Waals surface area (Å²) in [6, 6.07) is 6.37. The van der Waals surface area contributed by atoms with E-state index in [1.165, 1.54) is 5.69 Å². The maximum Gasteiger partial charge on any atom is 0.195 e. The first-order valence-corrected chi connectivity index (χ1v) is 10.4. The van der Waals surface area contributed by atoms with E-state index in [1.807, 2.05) is 6.07 Å². The quantitative estimate of drug-likeness (QED) is 0.729. The van der Waals surface area contributed by atoms with E-state index in [1.54, 1.807) is 0 Å². The molecule has 0 unspecified atom stereocenters. The Kier molecular flexibility index (Phi) is 4.91. The average Bonchev–Trinajstić information content (AvgIpc) is 3.11. The third-order valence-electron chi connectivity index (χ3n) is 5.72. The third kappa shape index (κ3) is 3.53. The van der Waals surface area contributed by atoms with Crippen LogP contribution in [0.3, 0.4) is 0 Å². The van der Waals surface area contributed by atoms with Crippen LogP contribution in [0, 0.1) is 0 Å². The Morgan fingerprint density at radius 3 is 2.54 bits per heavy atom. The number of aryl methyl sites for hydroxylation is 1. The summed E-state index contributed by atoms with van der Waals surface area (Å²) in [6.45, 7) is 13.2. The maximum atomic E-state index is 6.15. The lowest BCUT2D eigenvalue weighted by molar-refractivity contribution is 0.128. The third-order valence-corrected chi connectivity index (χ3v) is 5.72. The molecule has 0 atom stereocenters. The predicted molar refractivity (Wildman–Crippen MR) is 116 cm³/mol. The number of piperazine rings is 1. The molecular formula is C22H31N5O. The standard InChI is InChI=1S/C22H31N5O/c1-5-6-7-18-25-19-20(28-18)16-14-15(8-9-17(16)24-21(19)23)26-10-12-27(13-11-26)22(2,3)4/h8-9,14H,5-7,10-13H2,1-4H3,(H2,23,24). The summed E-state index contributed by atoms with van der Waals surface area (Å²) < 4.78 is 6.11. The summed E-state index contributed by atoms with van der Waals surface area (Å²) in [5, 5.41) is 0.996. The molecule has 1 fully saturated rings. The Bertz CT molecular complexity index is 980. The number of oxazole rings is 1. The van der Waals surface area contributed by atoms with Crippen LogP contribution in [0.4, 0.5) is 11.5 Å². The molecule has 1 aliphatic heterocycles. The smallest absolute Gasteiger partial charge is 0.195 e. The highest BCUT2D eigenvalue weighted by Crippen LogP contribution is 2.32. The first-order chi connectivity index (χ1) is 13.4. The first kappa shape index (κ1) is 19.0. The summed E-state index contributed by atoms with van der Waals surface area (Å²) in [7, 11) is 0. The number of nitrogen functional groups attached to an aromatic ring is 1. The van der Waals surface area contributed by atoms with Gasteiger partial charge in [0, 0.05) is 49.2 Å². The van der Waals surface area contributed by atoms with E-state index in [0.29, 0.717) is 11.3 Å². The molecule has 1 aliphatic rings. The molecule has 150 valence electrons. The molecule has 6 heteroatoms. The van der Waals surface area contributed by atoms with Gasteiger partial charge in [0.1, 0.15) is 0 Å². The van der Waals surface area contributed by atoms with E-state index >= 15 is 0 Å². The van der Waals surface area contributed by atoms with Crippen molar-refractivity contribution in [3.8, 4) is 0 Å². The van der Waals surface area contributed by atoms with Crippen LogP contribution in [0.1, 0.15) is 46.4 Å². The Hall–Kier alpha value is -2.34. The van der Waals surface area contributed by atoms with Gasteiger partial charge in [-0.05, 0) is 45.4 Å². The van der Waals surface area contributed by atoms with Gasteiger partial charge in [-0.15, -0.1) is 0 Å². The molecule has 0 amide bonds. The second kappa shape index (κ2) is 7.24. The van der Waals surface area contributed by atoms with Crippen molar-refractivity contribution in [1.82, 2.24) is 14.9 Å². The van der Waals surface area contributed by atoms with Crippen LogP contribution in [-0.2, 0) is 6.42 Å². The summed E-state index contributed by atoms with van der Waals surface area (Å²) in [5.41, 5.74) is 9.90. The summed E-state index contributed by atoms with van der Waals surface area (Å²) in [5.74, 6) is 1.20. The number of fused-ring (bicyclic) bond motifs is 3. The Labute approximate surface area is 166 Å². The topological polar surface area (TPSA) is 71.4 Å². The lowest BCUT2D eigenvalue weighted by atomic mass is 10.0. The molecule has 2 N–H and O–H groups in total. The zero-order chi connectivity index (χ0) is 19.9. The van der Waals surface area contributed by atoms with E-state index in [0.717, 1.165) is 67.8 Å². The summed E-state index contributed by atoms with van der Waals surface area (Å²) >= 11 is 0. The first-order valence-electron chi connectivity index (χ1n) is 10.4. The summed E-state index contributed by atoms with van der Waals surface area (Å²) in [4.78, 5) is 14.1. The van der Waals surface area contributed by atoms with Gasteiger partial charge in [-0.2, -0.15) is 0 Å². The fourth-order valence-corrected chi connectivity index (χ4v) is 3.97. The maximum absolute atomic E-state index is 6.15. The van der Waals surface area contributed by atoms with Crippen molar-refractivity contribution in [2.24, 2.45) is 0 Å². The minimum Gasteiger partial charge on any atom is -0.440 e. The van der Waals surface area contributed by atoms with Crippen molar-refractivity contribution < 1.29 is 4.42 Å². The van der Waals surface area contributed by atoms with Crippen LogP contribution in [0.2, 0.25) is 0 Å². The molecule has 1 saturated heterocycles. The number of pyridine rings is 1. The Morgan fingerprint density at radius 1 is 1.11 bits per heavy atom. The van der Waals surface area contributed by atoms with Gasteiger partial charge in [0.2, 0.25) is 0 Å². The average molecular weight is 382 g/mol. The SMILES string of the molecule is CCCCc1nc2c(N)nc3ccc(N4CCN(C(C)(C)C)CC4)cc3c2o1. The summed E-state index contributed by atoms with van der Waals surface area (Å²) in [6.07, 6.45) is 3.00. The fraction of sp³-hybridized carbons (Fsp3) is 0.545. The highest BCUT2D eigenvalue weighted by atomic mass is 16.3. The molecule has 6 nitrogen and oxygen atoms in total. The van der Waals surface area contributed by atoms with Gasteiger partial charge in [-0.3, -0.25) is 4.90 Å². The van der Waals surface area contributed by atoms with Crippen LogP contribution in [0.15, 0.2) is 22.6 Å². The van der Waals surface area contributed by atoms with Gasteiger partial charge in [0.25, 0.3) is 0 Å². The molecule has 3 heterocycles. The second-order valence-electron chi connectivity index (χ2n) is 8.73. The molecule has 0 spiro atoms. The molecule has 28 heavy (non-hydrogen) atoms. The Morgan fingerprint density at radius 2 is 1.86 bits per heavy atom. The number of rotatable bonds is 4. The monoisotopic (exact) mass is 381 g/mol. The zero-order valence-electron chi connectivity index (χ0n) is 17.5. The number of unbranched alkanes of at least 4 members (excludes halogenated alkanes) is 1. The van der Waals surface area contributed by atoms with Gasteiger partial charge in [-0.25, -0.2) is 9.97 Å². The normalized spacial score (nSPS) is 16.4. The van der Waals surface area contributed by atoms with Gasteiger partial charge in [-0.1, -0.05) is 13.3 Å². The molecule has 0 saturated carbocycles. The fourth-order valence-electron chi connectivity index (χ4n) is 3.97. The van der Waals surface area contributed by atoms with Crippen molar-refractivity contribution in [3.63, 3.8) is 0 Å². The van der Waals surface area contributed by atoms with Gasteiger partial charge in [0.05, 0.1) is 5.52 Å². The molecule has 2 aromatic heterocycles. The molecule has 0 radical (unpaired) electrons. The predicted octanol–water partition coefficient (Wildman–Crippen LogP) is 4.22. The van der Waals surface area contributed by atoms with Gasteiger partial charge >= 0.3 is 0 Å². The number of nitrogens with zero attached hydrogens (tertiary/aromatic N) is 4. The molecule has 3 aromatic rings. The Balaban J connectivity index is 1.67. The molecule has 4 rings (SSSR count). The van der Waals surface area contributed by atoms with Crippen molar-refractivity contribution in [2.45, 2.75) is 52.5 Å². The van der Waals surface area contributed by atoms with Crippen molar-refractivity contribution >= 4 is 33.5 Å². The number of hydrogen-bond donors (Lipinski definition) is 1. The number of hydrogen-bond acceptors (Lipinski definition) is 6. The minimum atomic E-state index is 0.220. The highest BCUT2D eigenvalue weighted by molar-refractivity contribution is 6.05. The number of anilines is 2. The minimum absolute atomic E-state index is 0.220. The van der Waals surface area contributed by atoms with E-state index < -0.39 is 0 Å². The van der Waals surface area contributed by atoms with E-state index in [4.69, 9.17) is 10.2 Å². The van der Waals surface area contributed by atoms with Gasteiger partial charge < -0.3 is 15.1 Å². The largest absolute Gasteiger partial charge is 0.440 e. The molecule has 0 bridgehead atoms. The molecular weight excluding hydrogens is 350 g/mol.